The van der Waals surface area contributed by atoms with E-state index in [4.69, 9.17) is 21.7 Å². The third-order valence-electron chi connectivity index (χ3n) is 4.38. The standard InChI is InChI=1S/C21H20BrNO3S2/c1-5-26-19-16(22)9-14(10-17(19)25-4)11-18-20(24)23(21(27)28-18)15-7-6-12(2)13(3)8-15/h6-11H,5H2,1-4H3/b18-11+. The molecule has 4 nitrogen and oxygen atoms in total. The van der Waals surface area contributed by atoms with Gasteiger partial charge in [-0.3, -0.25) is 9.69 Å². The van der Waals surface area contributed by atoms with Crippen molar-refractivity contribution >= 4 is 61.9 Å². The van der Waals surface area contributed by atoms with Crippen LogP contribution >= 0.6 is 39.9 Å². The first kappa shape index (κ1) is 20.9. The number of thiocarbonyl (C=S) groups is 1. The Kier molecular flexibility index (Phi) is 6.47. The number of hydrogen-bond donors (Lipinski definition) is 0. The summed E-state index contributed by atoms with van der Waals surface area (Å²) in [4.78, 5) is 15.2. The van der Waals surface area contributed by atoms with Crippen molar-refractivity contribution in [3.8, 4) is 11.5 Å². The zero-order chi connectivity index (χ0) is 20.4. The van der Waals surface area contributed by atoms with Crippen LogP contribution in [0.4, 0.5) is 5.69 Å². The highest BCUT2D eigenvalue weighted by atomic mass is 79.9. The average molecular weight is 478 g/mol. The molecule has 1 aliphatic heterocycles. The highest BCUT2D eigenvalue weighted by Crippen LogP contribution is 2.40. The molecular weight excluding hydrogens is 458 g/mol. The summed E-state index contributed by atoms with van der Waals surface area (Å²) in [5.41, 5.74) is 3.92. The summed E-state index contributed by atoms with van der Waals surface area (Å²) in [7, 11) is 1.59. The van der Waals surface area contributed by atoms with Crippen molar-refractivity contribution in [1.82, 2.24) is 0 Å². The molecule has 2 aromatic rings. The van der Waals surface area contributed by atoms with E-state index in [-0.39, 0.29) is 5.91 Å². The fraction of sp³-hybridized carbons (Fsp3) is 0.238. The number of aryl methyl sites for hydroxylation is 2. The fourth-order valence-corrected chi connectivity index (χ4v) is 4.69. The van der Waals surface area contributed by atoms with Crippen molar-refractivity contribution in [3.63, 3.8) is 0 Å². The number of amides is 1. The van der Waals surface area contributed by atoms with Crippen molar-refractivity contribution in [3.05, 3.63) is 56.4 Å². The molecule has 1 aliphatic rings. The van der Waals surface area contributed by atoms with Gasteiger partial charge < -0.3 is 9.47 Å². The number of carbonyl (C=O) groups excluding carboxylic acids is 1. The SMILES string of the molecule is CCOc1c(Br)cc(/C=C2/SC(=S)N(c3ccc(C)c(C)c3)C2=O)cc1OC. The van der Waals surface area contributed by atoms with Crippen molar-refractivity contribution in [2.75, 3.05) is 18.6 Å². The summed E-state index contributed by atoms with van der Waals surface area (Å²) in [6.45, 7) is 6.51. The van der Waals surface area contributed by atoms with Crippen LogP contribution < -0.4 is 14.4 Å². The number of thioether (sulfide) groups is 1. The second kappa shape index (κ2) is 8.68. The van der Waals surface area contributed by atoms with E-state index in [1.165, 1.54) is 17.3 Å². The molecule has 0 spiro atoms. The van der Waals surface area contributed by atoms with Crippen LogP contribution in [-0.2, 0) is 4.79 Å². The van der Waals surface area contributed by atoms with E-state index in [0.29, 0.717) is 27.3 Å². The van der Waals surface area contributed by atoms with Gasteiger partial charge in [0.15, 0.2) is 15.8 Å². The lowest BCUT2D eigenvalue weighted by atomic mass is 10.1. The minimum absolute atomic E-state index is 0.123. The van der Waals surface area contributed by atoms with E-state index < -0.39 is 0 Å². The van der Waals surface area contributed by atoms with Gasteiger partial charge in [-0.05, 0) is 83.7 Å². The van der Waals surface area contributed by atoms with E-state index in [1.807, 2.05) is 57.2 Å². The maximum Gasteiger partial charge on any atom is 0.270 e. The van der Waals surface area contributed by atoms with Gasteiger partial charge in [0.2, 0.25) is 0 Å². The summed E-state index contributed by atoms with van der Waals surface area (Å²) in [5, 5.41) is 0. The normalized spacial score (nSPS) is 15.5. The molecule has 0 atom stereocenters. The van der Waals surface area contributed by atoms with Crippen molar-refractivity contribution in [2.45, 2.75) is 20.8 Å². The van der Waals surface area contributed by atoms with Crippen LogP contribution in [0.5, 0.6) is 11.5 Å². The molecule has 28 heavy (non-hydrogen) atoms. The van der Waals surface area contributed by atoms with E-state index in [2.05, 4.69) is 15.9 Å². The van der Waals surface area contributed by atoms with Crippen LogP contribution in [0.2, 0.25) is 0 Å². The van der Waals surface area contributed by atoms with Gasteiger partial charge in [-0.15, -0.1) is 0 Å². The molecule has 1 fully saturated rings. The van der Waals surface area contributed by atoms with Crippen LogP contribution in [0.3, 0.4) is 0 Å². The average Bonchev–Trinajstić information content (AvgIpc) is 2.93. The molecular formula is C21H20BrNO3S2. The summed E-state index contributed by atoms with van der Waals surface area (Å²) >= 11 is 10.3. The number of hydrogen-bond acceptors (Lipinski definition) is 5. The van der Waals surface area contributed by atoms with Gasteiger partial charge in [0.25, 0.3) is 5.91 Å². The highest BCUT2D eigenvalue weighted by Gasteiger charge is 2.33. The van der Waals surface area contributed by atoms with Gasteiger partial charge in [-0.1, -0.05) is 30.0 Å². The smallest absolute Gasteiger partial charge is 0.270 e. The maximum absolute atomic E-state index is 13.0. The first-order valence-corrected chi connectivity index (χ1v) is 10.7. The molecule has 0 unspecified atom stereocenters. The lowest BCUT2D eigenvalue weighted by Crippen LogP contribution is -2.27. The van der Waals surface area contributed by atoms with E-state index in [1.54, 1.807) is 12.0 Å². The molecule has 0 bridgehead atoms. The van der Waals surface area contributed by atoms with Crippen molar-refractivity contribution in [2.24, 2.45) is 0 Å². The number of carbonyl (C=O) groups is 1. The van der Waals surface area contributed by atoms with Gasteiger partial charge in [-0.2, -0.15) is 0 Å². The Balaban J connectivity index is 1.95. The number of nitrogens with zero attached hydrogens (tertiary/aromatic N) is 1. The monoisotopic (exact) mass is 477 g/mol. The fourth-order valence-electron chi connectivity index (χ4n) is 2.81. The molecule has 2 aromatic carbocycles. The summed E-state index contributed by atoms with van der Waals surface area (Å²) in [5.74, 6) is 1.12. The lowest BCUT2D eigenvalue weighted by Gasteiger charge is -2.16. The summed E-state index contributed by atoms with van der Waals surface area (Å²) in [6.07, 6.45) is 1.82. The summed E-state index contributed by atoms with van der Waals surface area (Å²) < 4.78 is 12.4. The molecule has 7 heteroatoms. The minimum atomic E-state index is -0.123. The molecule has 1 heterocycles. The predicted molar refractivity (Wildman–Crippen MR) is 123 cm³/mol. The number of anilines is 1. The predicted octanol–water partition coefficient (Wildman–Crippen LogP) is 5.88. The number of rotatable bonds is 5. The maximum atomic E-state index is 13.0. The molecule has 0 radical (unpaired) electrons. The van der Waals surface area contributed by atoms with Crippen molar-refractivity contribution < 1.29 is 14.3 Å². The summed E-state index contributed by atoms with van der Waals surface area (Å²) in [6, 6.07) is 9.65. The van der Waals surface area contributed by atoms with Crippen LogP contribution in [0.15, 0.2) is 39.7 Å². The Morgan fingerprint density at radius 2 is 1.96 bits per heavy atom. The molecule has 0 aliphatic carbocycles. The second-order valence-corrected chi connectivity index (χ2v) is 8.78. The molecule has 0 saturated carbocycles. The van der Waals surface area contributed by atoms with Gasteiger partial charge >= 0.3 is 0 Å². The molecule has 1 saturated heterocycles. The van der Waals surface area contributed by atoms with Gasteiger partial charge in [0.1, 0.15) is 0 Å². The number of halogens is 1. The van der Waals surface area contributed by atoms with Crippen LogP contribution in [0.1, 0.15) is 23.6 Å². The molecule has 0 N–H and O–H groups in total. The number of benzene rings is 2. The zero-order valence-electron chi connectivity index (χ0n) is 16.0. The lowest BCUT2D eigenvalue weighted by molar-refractivity contribution is -0.113. The van der Waals surface area contributed by atoms with Gasteiger partial charge in [0.05, 0.1) is 28.8 Å². The second-order valence-electron chi connectivity index (χ2n) is 6.25. The quantitative estimate of drug-likeness (QED) is 0.397. The Labute approximate surface area is 183 Å². The molecule has 3 rings (SSSR count). The third-order valence-corrected chi connectivity index (χ3v) is 6.27. The van der Waals surface area contributed by atoms with Gasteiger partial charge in [0, 0.05) is 0 Å². The van der Waals surface area contributed by atoms with E-state index in [0.717, 1.165) is 21.3 Å². The number of methoxy groups -OCH3 is 1. The molecule has 1 amide bonds. The highest BCUT2D eigenvalue weighted by molar-refractivity contribution is 9.10. The number of ether oxygens (including phenoxy) is 2. The Hall–Kier alpha value is -1.83. The zero-order valence-corrected chi connectivity index (χ0v) is 19.3. The van der Waals surface area contributed by atoms with Crippen LogP contribution in [0.25, 0.3) is 6.08 Å². The molecule has 146 valence electrons. The first-order valence-electron chi connectivity index (χ1n) is 8.71. The molecule has 0 aromatic heterocycles. The minimum Gasteiger partial charge on any atom is -0.493 e. The Morgan fingerprint density at radius 1 is 1.21 bits per heavy atom. The van der Waals surface area contributed by atoms with Crippen LogP contribution in [0, 0.1) is 13.8 Å². The first-order chi connectivity index (χ1) is 13.3. The van der Waals surface area contributed by atoms with Crippen LogP contribution in [-0.4, -0.2) is 23.9 Å². The van der Waals surface area contributed by atoms with E-state index in [9.17, 15) is 4.79 Å². The Morgan fingerprint density at radius 3 is 2.61 bits per heavy atom. The largest absolute Gasteiger partial charge is 0.493 e. The third kappa shape index (κ3) is 4.11. The van der Waals surface area contributed by atoms with Crippen molar-refractivity contribution in [1.29, 1.82) is 0 Å². The van der Waals surface area contributed by atoms with Gasteiger partial charge in [-0.25, -0.2) is 0 Å². The topological polar surface area (TPSA) is 38.8 Å². The van der Waals surface area contributed by atoms with E-state index >= 15 is 0 Å². The Bertz CT molecular complexity index is 988.